The van der Waals surface area contributed by atoms with E-state index in [1.807, 2.05) is 18.2 Å². The normalized spacial score (nSPS) is 15.7. The maximum Gasteiger partial charge on any atom is 0.417 e. The molecule has 5 rings (SSSR count). The van der Waals surface area contributed by atoms with Gasteiger partial charge < -0.3 is 4.74 Å². The van der Waals surface area contributed by atoms with E-state index in [1.165, 1.54) is 22.9 Å². The van der Waals surface area contributed by atoms with Crippen molar-refractivity contribution in [3.63, 3.8) is 0 Å². The standard InChI is InChI=1S/C27H24F3N3O2/c1-33-26-24(25(32-33)18-9-3-2-4-10-18)22(27(28,29)30)15-23(31-26)35-16-20(34)14-19-12-7-11-17-8-5-6-13-21(17)19/h2-6,8-10,13,15,19H,7,11-12,14,16H2,1H3. The number of hydrogen-bond donors (Lipinski definition) is 0. The summed E-state index contributed by atoms with van der Waals surface area (Å²) in [7, 11) is 1.54. The smallest absolute Gasteiger partial charge is 0.417 e. The molecule has 0 amide bonds. The highest BCUT2D eigenvalue weighted by Gasteiger charge is 2.36. The number of carbonyl (C=O) groups is 1. The van der Waals surface area contributed by atoms with Crippen LogP contribution in [0.1, 0.15) is 41.9 Å². The van der Waals surface area contributed by atoms with Crippen LogP contribution in [0.15, 0.2) is 60.7 Å². The molecule has 8 heteroatoms. The molecule has 1 aliphatic carbocycles. The van der Waals surface area contributed by atoms with Crippen molar-refractivity contribution < 1.29 is 22.7 Å². The summed E-state index contributed by atoms with van der Waals surface area (Å²) in [6.07, 6.45) is -1.45. The molecule has 0 aliphatic heterocycles. The zero-order chi connectivity index (χ0) is 24.6. The number of fused-ring (bicyclic) bond motifs is 2. The quantitative estimate of drug-likeness (QED) is 0.335. The Labute approximate surface area is 200 Å². The van der Waals surface area contributed by atoms with E-state index in [0.717, 1.165) is 25.3 Å². The summed E-state index contributed by atoms with van der Waals surface area (Å²) in [5.41, 5.74) is 2.34. The van der Waals surface area contributed by atoms with E-state index in [9.17, 15) is 18.0 Å². The second kappa shape index (κ2) is 9.17. The molecular weight excluding hydrogens is 455 g/mol. The second-order valence-electron chi connectivity index (χ2n) is 8.86. The van der Waals surface area contributed by atoms with Gasteiger partial charge in [-0.2, -0.15) is 23.3 Å². The first-order chi connectivity index (χ1) is 16.8. The Morgan fingerprint density at radius 2 is 1.86 bits per heavy atom. The third-order valence-electron chi connectivity index (χ3n) is 6.47. The Kier molecular flexibility index (Phi) is 6.05. The van der Waals surface area contributed by atoms with Gasteiger partial charge in [0.1, 0.15) is 12.3 Å². The zero-order valence-electron chi connectivity index (χ0n) is 19.2. The average Bonchev–Trinajstić information content (AvgIpc) is 3.19. The van der Waals surface area contributed by atoms with Crippen LogP contribution in [0.2, 0.25) is 0 Å². The molecule has 0 spiro atoms. The number of aromatic nitrogens is 3. The van der Waals surface area contributed by atoms with Crippen molar-refractivity contribution in [2.45, 2.75) is 37.8 Å². The molecule has 0 N–H and O–H groups in total. The fourth-order valence-corrected chi connectivity index (χ4v) is 4.87. The van der Waals surface area contributed by atoms with E-state index in [1.54, 1.807) is 30.3 Å². The van der Waals surface area contributed by atoms with Crippen LogP contribution in [0.4, 0.5) is 13.2 Å². The first-order valence-electron chi connectivity index (χ1n) is 11.5. The lowest BCUT2D eigenvalue weighted by molar-refractivity contribution is -0.136. The van der Waals surface area contributed by atoms with Crippen molar-refractivity contribution in [2.75, 3.05) is 6.61 Å². The zero-order valence-corrected chi connectivity index (χ0v) is 19.2. The lowest BCUT2D eigenvalue weighted by Crippen LogP contribution is -2.19. The van der Waals surface area contributed by atoms with Gasteiger partial charge in [-0.15, -0.1) is 0 Å². The Bertz CT molecular complexity index is 1380. The predicted octanol–water partition coefficient (Wildman–Crippen LogP) is 6.11. The Morgan fingerprint density at radius 1 is 1.11 bits per heavy atom. The molecule has 1 atom stereocenters. The summed E-state index contributed by atoms with van der Waals surface area (Å²) >= 11 is 0. The van der Waals surface area contributed by atoms with Gasteiger partial charge in [0.25, 0.3) is 0 Å². The van der Waals surface area contributed by atoms with E-state index in [2.05, 4.69) is 16.1 Å². The number of rotatable bonds is 6. The molecule has 0 radical (unpaired) electrons. The van der Waals surface area contributed by atoms with Crippen molar-refractivity contribution >= 4 is 16.8 Å². The number of pyridine rings is 1. The maximum atomic E-state index is 14.1. The van der Waals surface area contributed by atoms with Crippen molar-refractivity contribution in [2.24, 2.45) is 7.05 Å². The molecule has 2 aromatic carbocycles. The number of aryl methyl sites for hydroxylation is 2. The molecular formula is C27H24F3N3O2. The van der Waals surface area contributed by atoms with E-state index in [-0.39, 0.29) is 47.3 Å². The van der Waals surface area contributed by atoms with E-state index >= 15 is 0 Å². The molecule has 180 valence electrons. The number of ketones is 1. The highest BCUT2D eigenvalue weighted by molar-refractivity contribution is 5.94. The summed E-state index contributed by atoms with van der Waals surface area (Å²) in [5.74, 6) is -0.315. The lowest BCUT2D eigenvalue weighted by atomic mass is 9.80. The fraction of sp³-hybridized carbons (Fsp3) is 0.296. The average molecular weight is 480 g/mol. The number of carbonyl (C=O) groups excluding carboxylic acids is 1. The van der Waals surface area contributed by atoms with E-state index < -0.39 is 11.7 Å². The highest BCUT2D eigenvalue weighted by atomic mass is 19.4. The van der Waals surface area contributed by atoms with Crippen LogP contribution in [0, 0.1) is 0 Å². The summed E-state index contributed by atoms with van der Waals surface area (Å²) in [5, 5.41) is 4.21. The third kappa shape index (κ3) is 4.65. The molecule has 0 saturated heterocycles. The number of halogens is 3. The van der Waals surface area contributed by atoms with Gasteiger partial charge in [0.15, 0.2) is 11.4 Å². The van der Waals surface area contributed by atoms with Crippen LogP contribution in [0.5, 0.6) is 5.88 Å². The van der Waals surface area contributed by atoms with Crippen LogP contribution in [-0.4, -0.2) is 27.2 Å². The molecule has 1 unspecified atom stereocenters. The van der Waals surface area contributed by atoms with Gasteiger partial charge in [0, 0.05) is 25.1 Å². The van der Waals surface area contributed by atoms with Crippen LogP contribution < -0.4 is 4.74 Å². The molecule has 0 bridgehead atoms. The van der Waals surface area contributed by atoms with Crippen LogP contribution in [0.25, 0.3) is 22.3 Å². The van der Waals surface area contributed by atoms with Gasteiger partial charge in [-0.25, -0.2) is 4.68 Å². The minimum absolute atomic E-state index is 0.0438. The topological polar surface area (TPSA) is 57.0 Å². The summed E-state index contributed by atoms with van der Waals surface area (Å²) in [4.78, 5) is 17.0. The summed E-state index contributed by atoms with van der Waals surface area (Å²) < 4.78 is 49.0. The van der Waals surface area contributed by atoms with Crippen molar-refractivity contribution in [1.29, 1.82) is 0 Å². The molecule has 35 heavy (non-hydrogen) atoms. The largest absolute Gasteiger partial charge is 0.470 e. The highest BCUT2D eigenvalue weighted by Crippen LogP contribution is 2.40. The Hall–Kier alpha value is -3.68. The number of hydrogen-bond acceptors (Lipinski definition) is 4. The van der Waals surface area contributed by atoms with Gasteiger partial charge >= 0.3 is 6.18 Å². The van der Waals surface area contributed by atoms with Gasteiger partial charge in [-0.05, 0) is 36.3 Å². The summed E-state index contributed by atoms with van der Waals surface area (Å²) in [6, 6.07) is 17.6. The number of benzene rings is 2. The number of ether oxygens (including phenoxy) is 1. The Morgan fingerprint density at radius 3 is 2.63 bits per heavy atom. The molecule has 1 aliphatic rings. The van der Waals surface area contributed by atoms with Gasteiger partial charge in [-0.1, -0.05) is 54.6 Å². The minimum atomic E-state index is -4.65. The molecule has 0 fully saturated rings. The van der Waals surface area contributed by atoms with E-state index in [4.69, 9.17) is 4.74 Å². The molecule has 0 saturated carbocycles. The first-order valence-corrected chi connectivity index (χ1v) is 11.5. The molecule has 2 heterocycles. The third-order valence-corrected chi connectivity index (χ3v) is 6.47. The van der Waals surface area contributed by atoms with Crippen molar-refractivity contribution in [3.8, 4) is 17.1 Å². The second-order valence-corrected chi connectivity index (χ2v) is 8.86. The van der Waals surface area contributed by atoms with Crippen molar-refractivity contribution in [3.05, 3.63) is 77.4 Å². The predicted molar refractivity (Wildman–Crippen MR) is 126 cm³/mol. The fourth-order valence-electron chi connectivity index (χ4n) is 4.87. The van der Waals surface area contributed by atoms with E-state index in [0.29, 0.717) is 5.56 Å². The summed E-state index contributed by atoms with van der Waals surface area (Å²) in [6.45, 7) is -0.335. The monoisotopic (exact) mass is 479 g/mol. The number of alkyl halides is 3. The number of nitrogens with zero attached hydrogens (tertiary/aromatic N) is 3. The molecule has 4 aromatic rings. The number of Topliss-reactive ketones (excluding diaryl/α,β-unsaturated/α-hetero) is 1. The van der Waals surface area contributed by atoms with Crippen LogP contribution in [0.3, 0.4) is 0 Å². The van der Waals surface area contributed by atoms with Gasteiger partial charge in [-0.3, -0.25) is 4.79 Å². The lowest BCUT2D eigenvalue weighted by Gasteiger charge is -2.24. The molecule has 5 nitrogen and oxygen atoms in total. The molecule has 2 aromatic heterocycles. The SMILES string of the molecule is Cn1nc(-c2ccccc2)c2c(C(F)(F)F)cc(OCC(=O)CC3CCCc4ccccc43)nc21. The van der Waals surface area contributed by atoms with Crippen LogP contribution >= 0.6 is 0 Å². The maximum absolute atomic E-state index is 14.1. The first kappa shape index (κ1) is 23.1. The van der Waals surface area contributed by atoms with Gasteiger partial charge in [0.05, 0.1) is 10.9 Å². The minimum Gasteiger partial charge on any atom is -0.470 e. The van der Waals surface area contributed by atoms with Crippen LogP contribution in [-0.2, 0) is 24.4 Å². The Balaban J connectivity index is 1.41. The van der Waals surface area contributed by atoms with Crippen molar-refractivity contribution in [1.82, 2.24) is 14.8 Å². The van der Waals surface area contributed by atoms with Gasteiger partial charge in [0.2, 0.25) is 5.88 Å².